The second kappa shape index (κ2) is 4.44. The van der Waals surface area contributed by atoms with Crippen molar-refractivity contribution in [2.45, 2.75) is 12.5 Å². The molecule has 16 heavy (non-hydrogen) atoms. The first-order valence-electron chi connectivity index (χ1n) is 5.25. The predicted octanol–water partition coefficient (Wildman–Crippen LogP) is 1.85. The number of hydrogen-bond acceptors (Lipinski definition) is 2. The van der Waals surface area contributed by atoms with Gasteiger partial charge >= 0.3 is 0 Å². The molecule has 0 spiro atoms. The number of likely N-dealkylation sites (tertiary alicyclic amines) is 1. The molecule has 1 aliphatic rings. The number of aliphatic hydroxyl groups excluding tert-OH is 1. The van der Waals surface area contributed by atoms with Gasteiger partial charge in [-0.15, -0.1) is 0 Å². The Morgan fingerprint density at radius 2 is 2.31 bits per heavy atom. The van der Waals surface area contributed by atoms with Gasteiger partial charge in [-0.1, -0.05) is 23.7 Å². The van der Waals surface area contributed by atoms with Crippen LogP contribution in [-0.2, 0) is 4.79 Å². The monoisotopic (exact) mass is 239 g/mol. The molecular formula is C12H14ClNO2. The summed E-state index contributed by atoms with van der Waals surface area (Å²) in [7, 11) is 1.77. The van der Waals surface area contributed by atoms with Crippen molar-refractivity contribution in [2.75, 3.05) is 13.7 Å². The van der Waals surface area contributed by atoms with E-state index >= 15 is 0 Å². The Morgan fingerprint density at radius 3 is 2.94 bits per heavy atom. The first kappa shape index (κ1) is 11.4. The van der Waals surface area contributed by atoms with E-state index in [2.05, 4.69) is 0 Å². The van der Waals surface area contributed by atoms with Crippen LogP contribution in [0, 0.1) is 5.92 Å². The molecule has 1 fully saturated rings. The molecule has 2 atom stereocenters. The van der Waals surface area contributed by atoms with Gasteiger partial charge in [0.05, 0.1) is 6.04 Å². The maximum Gasteiger partial charge on any atom is 0.223 e. The fourth-order valence-corrected chi connectivity index (χ4v) is 2.50. The summed E-state index contributed by atoms with van der Waals surface area (Å²) in [6.45, 7) is 0.0211. The zero-order chi connectivity index (χ0) is 11.7. The standard InChI is InChI=1S/C12H14ClNO2/c1-14-11(16)6-9(7-15)12(14)8-3-2-4-10(13)5-8/h2-5,9,12,15H,6-7H2,1H3. The van der Waals surface area contributed by atoms with Crippen molar-refractivity contribution in [1.29, 1.82) is 0 Å². The van der Waals surface area contributed by atoms with Gasteiger partial charge in [-0.2, -0.15) is 0 Å². The molecule has 1 N–H and O–H groups in total. The van der Waals surface area contributed by atoms with Crippen LogP contribution in [0.2, 0.25) is 5.02 Å². The van der Waals surface area contributed by atoms with Gasteiger partial charge in [0.2, 0.25) is 5.91 Å². The summed E-state index contributed by atoms with van der Waals surface area (Å²) in [5, 5.41) is 9.95. The van der Waals surface area contributed by atoms with E-state index in [1.807, 2.05) is 18.2 Å². The maximum absolute atomic E-state index is 11.6. The summed E-state index contributed by atoms with van der Waals surface area (Å²) in [5.74, 6) is 0.0417. The van der Waals surface area contributed by atoms with Crippen molar-refractivity contribution >= 4 is 17.5 Å². The molecule has 0 aromatic heterocycles. The lowest BCUT2D eigenvalue weighted by atomic mass is 9.94. The summed E-state index contributed by atoms with van der Waals surface area (Å²) in [4.78, 5) is 13.3. The minimum atomic E-state index is -0.0591. The van der Waals surface area contributed by atoms with Gasteiger partial charge in [0, 0.05) is 31.0 Å². The number of carbonyl (C=O) groups is 1. The van der Waals surface area contributed by atoms with Crippen LogP contribution in [-0.4, -0.2) is 29.6 Å². The van der Waals surface area contributed by atoms with Crippen molar-refractivity contribution in [3.05, 3.63) is 34.9 Å². The topological polar surface area (TPSA) is 40.5 Å². The summed E-state index contributed by atoms with van der Waals surface area (Å²) in [5.41, 5.74) is 0.986. The largest absolute Gasteiger partial charge is 0.396 e. The highest BCUT2D eigenvalue weighted by Crippen LogP contribution is 2.37. The third-order valence-electron chi connectivity index (χ3n) is 3.12. The molecule has 0 radical (unpaired) electrons. The molecule has 2 rings (SSSR count). The minimum absolute atomic E-state index is 0.0211. The summed E-state index contributed by atoms with van der Waals surface area (Å²) < 4.78 is 0. The number of hydrogen-bond donors (Lipinski definition) is 1. The average molecular weight is 240 g/mol. The molecule has 1 aliphatic heterocycles. The maximum atomic E-state index is 11.6. The summed E-state index contributed by atoms with van der Waals surface area (Å²) in [6.07, 6.45) is 0.407. The Morgan fingerprint density at radius 1 is 1.56 bits per heavy atom. The molecule has 86 valence electrons. The van der Waals surface area contributed by atoms with E-state index in [4.69, 9.17) is 11.6 Å². The third-order valence-corrected chi connectivity index (χ3v) is 3.35. The lowest BCUT2D eigenvalue weighted by Crippen LogP contribution is -2.25. The Kier molecular flexibility index (Phi) is 3.17. The summed E-state index contributed by atoms with van der Waals surface area (Å²) >= 11 is 5.93. The number of amides is 1. The van der Waals surface area contributed by atoms with Crippen LogP contribution >= 0.6 is 11.6 Å². The molecule has 1 saturated heterocycles. The molecule has 1 heterocycles. The Labute approximate surface area is 99.6 Å². The highest BCUT2D eigenvalue weighted by Gasteiger charge is 2.37. The van der Waals surface area contributed by atoms with Gasteiger partial charge in [0.25, 0.3) is 0 Å². The molecule has 1 aromatic rings. The molecule has 4 heteroatoms. The van der Waals surface area contributed by atoms with Crippen molar-refractivity contribution in [2.24, 2.45) is 5.92 Å². The first-order chi connectivity index (χ1) is 7.63. The zero-order valence-corrected chi connectivity index (χ0v) is 9.81. The first-order valence-corrected chi connectivity index (χ1v) is 5.63. The highest BCUT2D eigenvalue weighted by molar-refractivity contribution is 6.30. The van der Waals surface area contributed by atoms with Gasteiger partial charge in [-0.25, -0.2) is 0 Å². The number of benzene rings is 1. The van der Waals surface area contributed by atoms with E-state index in [0.717, 1.165) is 5.56 Å². The van der Waals surface area contributed by atoms with E-state index in [1.54, 1.807) is 18.0 Å². The zero-order valence-electron chi connectivity index (χ0n) is 9.06. The van der Waals surface area contributed by atoms with E-state index in [-0.39, 0.29) is 24.5 Å². The Balaban J connectivity index is 2.34. The number of nitrogens with zero attached hydrogens (tertiary/aromatic N) is 1. The fourth-order valence-electron chi connectivity index (χ4n) is 2.30. The number of halogens is 1. The van der Waals surface area contributed by atoms with Crippen LogP contribution in [0.1, 0.15) is 18.0 Å². The molecule has 0 bridgehead atoms. The lowest BCUT2D eigenvalue weighted by Gasteiger charge is -2.24. The van der Waals surface area contributed by atoms with E-state index in [0.29, 0.717) is 11.4 Å². The summed E-state index contributed by atoms with van der Waals surface area (Å²) in [6, 6.07) is 7.40. The quantitative estimate of drug-likeness (QED) is 0.856. The van der Waals surface area contributed by atoms with Crippen LogP contribution in [0.4, 0.5) is 0 Å². The molecule has 0 aliphatic carbocycles. The second-order valence-electron chi connectivity index (χ2n) is 4.15. The predicted molar refractivity (Wildman–Crippen MR) is 62.2 cm³/mol. The van der Waals surface area contributed by atoms with Gasteiger partial charge < -0.3 is 10.0 Å². The van der Waals surface area contributed by atoms with E-state index in [9.17, 15) is 9.90 Å². The van der Waals surface area contributed by atoms with Crippen molar-refractivity contribution in [1.82, 2.24) is 4.90 Å². The third kappa shape index (κ3) is 1.93. The number of aliphatic hydroxyl groups is 1. The smallest absolute Gasteiger partial charge is 0.223 e. The molecule has 0 saturated carbocycles. The van der Waals surface area contributed by atoms with Gasteiger partial charge in [-0.05, 0) is 17.7 Å². The molecule has 2 unspecified atom stereocenters. The van der Waals surface area contributed by atoms with Crippen LogP contribution < -0.4 is 0 Å². The minimum Gasteiger partial charge on any atom is -0.396 e. The van der Waals surface area contributed by atoms with Crippen LogP contribution in [0.5, 0.6) is 0 Å². The highest BCUT2D eigenvalue weighted by atomic mass is 35.5. The molecular weight excluding hydrogens is 226 g/mol. The Bertz CT molecular complexity index is 408. The van der Waals surface area contributed by atoms with Gasteiger partial charge in [0.15, 0.2) is 0 Å². The lowest BCUT2D eigenvalue weighted by molar-refractivity contribution is -0.127. The Hall–Kier alpha value is -1.06. The number of carbonyl (C=O) groups excluding carboxylic acids is 1. The number of rotatable bonds is 2. The van der Waals surface area contributed by atoms with Crippen LogP contribution in [0.15, 0.2) is 24.3 Å². The fraction of sp³-hybridized carbons (Fsp3) is 0.417. The molecule has 1 aromatic carbocycles. The molecule has 1 amide bonds. The SMILES string of the molecule is CN1C(=O)CC(CO)C1c1cccc(Cl)c1. The molecule has 3 nitrogen and oxygen atoms in total. The van der Waals surface area contributed by atoms with Crippen LogP contribution in [0.25, 0.3) is 0 Å². The second-order valence-corrected chi connectivity index (χ2v) is 4.59. The van der Waals surface area contributed by atoms with Crippen LogP contribution in [0.3, 0.4) is 0 Å². The average Bonchev–Trinajstić information content (AvgIpc) is 2.55. The van der Waals surface area contributed by atoms with Gasteiger partial charge in [0.1, 0.15) is 0 Å². The normalized spacial score (nSPS) is 25.2. The van der Waals surface area contributed by atoms with Crippen molar-refractivity contribution in [3.8, 4) is 0 Å². The van der Waals surface area contributed by atoms with E-state index < -0.39 is 0 Å². The van der Waals surface area contributed by atoms with Gasteiger partial charge in [-0.3, -0.25) is 4.79 Å². The van der Waals surface area contributed by atoms with Crippen molar-refractivity contribution in [3.63, 3.8) is 0 Å². The van der Waals surface area contributed by atoms with Crippen molar-refractivity contribution < 1.29 is 9.90 Å². The van der Waals surface area contributed by atoms with E-state index in [1.165, 1.54) is 0 Å².